The Morgan fingerprint density at radius 3 is 2.88 bits per heavy atom. The van der Waals surface area contributed by atoms with E-state index in [1.54, 1.807) is 18.2 Å². The number of carbonyl (C=O) groups is 1. The van der Waals surface area contributed by atoms with Crippen molar-refractivity contribution in [2.45, 2.75) is 6.92 Å². The molecular formula is C12H13BrFNO. The van der Waals surface area contributed by atoms with Gasteiger partial charge in [-0.3, -0.25) is 4.79 Å². The second kappa shape index (κ2) is 4.63. The van der Waals surface area contributed by atoms with Crippen LogP contribution in [0.3, 0.4) is 0 Å². The third-order valence-corrected chi connectivity index (χ3v) is 3.68. The van der Waals surface area contributed by atoms with Crippen LogP contribution in [-0.2, 0) is 0 Å². The zero-order valence-corrected chi connectivity index (χ0v) is 10.6. The maximum absolute atomic E-state index is 13.7. The fraction of sp³-hybridized carbons (Fsp3) is 0.417. The first-order valence-electron chi connectivity index (χ1n) is 5.30. The van der Waals surface area contributed by atoms with Crippen LogP contribution in [0.5, 0.6) is 0 Å². The van der Waals surface area contributed by atoms with Crippen molar-refractivity contribution in [2.75, 3.05) is 13.1 Å². The van der Waals surface area contributed by atoms with E-state index in [0.29, 0.717) is 11.0 Å². The van der Waals surface area contributed by atoms with Gasteiger partial charge in [-0.25, -0.2) is 4.39 Å². The van der Waals surface area contributed by atoms with E-state index in [1.165, 1.54) is 0 Å². The SMILES string of the molecule is CC1CNCC1C(=O)c1cccc(Br)c1F. The van der Waals surface area contributed by atoms with Crippen LogP contribution in [0, 0.1) is 17.7 Å². The van der Waals surface area contributed by atoms with Gasteiger partial charge in [-0.15, -0.1) is 0 Å². The van der Waals surface area contributed by atoms with Gasteiger partial charge >= 0.3 is 0 Å². The molecule has 1 aromatic rings. The number of carbonyl (C=O) groups excluding carboxylic acids is 1. The molecule has 1 saturated heterocycles. The summed E-state index contributed by atoms with van der Waals surface area (Å²) < 4.78 is 14.1. The van der Waals surface area contributed by atoms with Crippen molar-refractivity contribution in [3.8, 4) is 0 Å². The first kappa shape index (κ1) is 11.7. The highest BCUT2D eigenvalue weighted by Crippen LogP contribution is 2.25. The van der Waals surface area contributed by atoms with Gasteiger partial charge in [0.05, 0.1) is 10.0 Å². The van der Waals surface area contributed by atoms with Crippen molar-refractivity contribution in [1.29, 1.82) is 0 Å². The normalized spacial score (nSPS) is 24.7. The molecule has 0 aromatic heterocycles. The van der Waals surface area contributed by atoms with Crippen molar-refractivity contribution in [3.63, 3.8) is 0 Å². The zero-order chi connectivity index (χ0) is 11.7. The van der Waals surface area contributed by atoms with E-state index in [-0.39, 0.29) is 23.2 Å². The minimum atomic E-state index is -0.452. The van der Waals surface area contributed by atoms with Crippen LogP contribution in [0.2, 0.25) is 0 Å². The number of hydrogen-bond donors (Lipinski definition) is 1. The Morgan fingerprint density at radius 1 is 1.50 bits per heavy atom. The molecule has 0 spiro atoms. The molecule has 1 N–H and O–H groups in total. The molecule has 0 aliphatic carbocycles. The lowest BCUT2D eigenvalue weighted by molar-refractivity contribution is 0.0903. The average molecular weight is 286 g/mol. The minimum Gasteiger partial charge on any atom is -0.316 e. The third-order valence-electron chi connectivity index (χ3n) is 3.07. The molecule has 2 atom stereocenters. The minimum absolute atomic E-state index is 0.101. The summed E-state index contributed by atoms with van der Waals surface area (Å²) in [5.41, 5.74) is 0.190. The van der Waals surface area contributed by atoms with E-state index < -0.39 is 5.82 Å². The summed E-state index contributed by atoms with van der Waals surface area (Å²) in [4.78, 5) is 12.1. The summed E-state index contributed by atoms with van der Waals surface area (Å²) in [5, 5.41) is 3.15. The monoisotopic (exact) mass is 285 g/mol. The molecule has 1 aliphatic heterocycles. The van der Waals surface area contributed by atoms with Crippen molar-refractivity contribution >= 4 is 21.7 Å². The van der Waals surface area contributed by atoms with Gasteiger partial charge in [0.25, 0.3) is 0 Å². The first-order valence-corrected chi connectivity index (χ1v) is 6.09. The summed E-state index contributed by atoms with van der Waals surface area (Å²) >= 11 is 3.10. The summed E-state index contributed by atoms with van der Waals surface area (Å²) in [6.45, 7) is 3.48. The molecule has 0 amide bonds. The zero-order valence-electron chi connectivity index (χ0n) is 8.97. The van der Waals surface area contributed by atoms with E-state index in [0.717, 1.165) is 6.54 Å². The van der Waals surface area contributed by atoms with Crippen LogP contribution >= 0.6 is 15.9 Å². The average Bonchev–Trinajstić information content (AvgIpc) is 2.68. The fourth-order valence-corrected chi connectivity index (χ4v) is 2.42. The Kier molecular flexibility index (Phi) is 3.40. The van der Waals surface area contributed by atoms with Gasteiger partial charge in [-0.2, -0.15) is 0 Å². The Hall–Kier alpha value is -0.740. The second-order valence-electron chi connectivity index (χ2n) is 4.21. The van der Waals surface area contributed by atoms with Crippen molar-refractivity contribution in [1.82, 2.24) is 5.32 Å². The molecule has 16 heavy (non-hydrogen) atoms. The maximum Gasteiger partial charge on any atom is 0.170 e. The second-order valence-corrected chi connectivity index (χ2v) is 5.06. The maximum atomic E-state index is 13.7. The van der Waals surface area contributed by atoms with E-state index in [4.69, 9.17) is 0 Å². The number of benzene rings is 1. The van der Waals surface area contributed by atoms with Crippen molar-refractivity contribution < 1.29 is 9.18 Å². The Labute approximate surface area is 102 Å². The topological polar surface area (TPSA) is 29.1 Å². The van der Waals surface area contributed by atoms with Gasteiger partial charge in [-0.05, 0) is 40.5 Å². The van der Waals surface area contributed by atoms with Crippen LogP contribution in [0.4, 0.5) is 4.39 Å². The van der Waals surface area contributed by atoms with Gasteiger partial charge in [0, 0.05) is 12.5 Å². The number of nitrogens with one attached hydrogen (secondary N) is 1. The molecule has 2 nitrogen and oxygen atoms in total. The summed E-state index contributed by atoms with van der Waals surface area (Å²) in [5.74, 6) is -0.391. The molecule has 1 heterocycles. The van der Waals surface area contributed by atoms with Gasteiger partial charge < -0.3 is 5.32 Å². The van der Waals surface area contributed by atoms with Gasteiger partial charge in [0.15, 0.2) is 5.78 Å². The van der Waals surface area contributed by atoms with Gasteiger partial charge in [0.2, 0.25) is 0 Å². The lowest BCUT2D eigenvalue weighted by Crippen LogP contribution is -2.22. The third kappa shape index (κ3) is 2.04. The molecule has 1 aromatic carbocycles. The predicted molar refractivity (Wildman–Crippen MR) is 64.0 cm³/mol. The lowest BCUT2D eigenvalue weighted by atomic mass is 9.89. The number of Topliss-reactive ketones (excluding diaryl/α,β-unsaturated/α-hetero) is 1. The molecular weight excluding hydrogens is 273 g/mol. The van der Waals surface area contributed by atoms with E-state index in [2.05, 4.69) is 21.2 Å². The number of rotatable bonds is 2. The number of halogens is 2. The van der Waals surface area contributed by atoms with E-state index >= 15 is 0 Å². The first-order chi connectivity index (χ1) is 7.61. The standard InChI is InChI=1S/C12H13BrFNO/c1-7-5-15-6-9(7)12(16)8-3-2-4-10(13)11(8)14/h2-4,7,9,15H,5-6H2,1H3. The van der Waals surface area contributed by atoms with Gasteiger partial charge in [0.1, 0.15) is 5.82 Å². The van der Waals surface area contributed by atoms with Crippen molar-refractivity contribution in [3.05, 3.63) is 34.1 Å². The Bertz CT molecular complexity index is 421. The van der Waals surface area contributed by atoms with Gasteiger partial charge in [-0.1, -0.05) is 13.0 Å². The largest absolute Gasteiger partial charge is 0.316 e. The summed E-state index contributed by atoms with van der Waals surface area (Å²) in [6, 6.07) is 4.84. The van der Waals surface area contributed by atoms with Crippen LogP contribution < -0.4 is 5.32 Å². The highest BCUT2D eigenvalue weighted by molar-refractivity contribution is 9.10. The molecule has 86 valence electrons. The van der Waals surface area contributed by atoms with E-state index in [1.807, 2.05) is 6.92 Å². The molecule has 2 unspecified atom stereocenters. The van der Waals surface area contributed by atoms with Crippen LogP contribution in [0.15, 0.2) is 22.7 Å². The molecule has 0 bridgehead atoms. The van der Waals surface area contributed by atoms with Crippen LogP contribution in [0.25, 0.3) is 0 Å². The molecule has 1 fully saturated rings. The highest BCUT2D eigenvalue weighted by Gasteiger charge is 2.31. The Balaban J connectivity index is 2.30. The number of ketones is 1. The predicted octanol–water partition coefficient (Wildman–Crippen LogP) is 2.63. The molecule has 0 saturated carbocycles. The van der Waals surface area contributed by atoms with Crippen LogP contribution in [-0.4, -0.2) is 18.9 Å². The smallest absolute Gasteiger partial charge is 0.170 e. The van der Waals surface area contributed by atoms with E-state index in [9.17, 15) is 9.18 Å². The Morgan fingerprint density at radius 2 is 2.25 bits per heavy atom. The molecule has 4 heteroatoms. The van der Waals surface area contributed by atoms with Crippen LogP contribution in [0.1, 0.15) is 17.3 Å². The fourth-order valence-electron chi connectivity index (χ4n) is 2.05. The molecule has 2 rings (SSSR count). The molecule has 1 aliphatic rings. The lowest BCUT2D eigenvalue weighted by Gasteiger charge is -2.13. The number of hydrogen-bond acceptors (Lipinski definition) is 2. The quantitative estimate of drug-likeness (QED) is 0.847. The van der Waals surface area contributed by atoms with Crippen molar-refractivity contribution in [2.24, 2.45) is 11.8 Å². The summed E-state index contributed by atoms with van der Waals surface area (Å²) in [6.07, 6.45) is 0. The molecule has 0 radical (unpaired) electrons. The highest BCUT2D eigenvalue weighted by atomic mass is 79.9. The summed E-state index contributed by atoms with van der Waals surface area (Å²) in [7, 11) is 0.